The Morgan fingerprint density at radius 2 is 1.95 bits per heavy atom. The number of carbonyl (C=O) groups excluding carboxylic acids is 1. The molecule has 2 heterocycles. The minimum Gasteiger partial charge on any atom is -0.370 e. The summed E-state index contributed by atoms with van der Waals surface area (Å²) in [5.74, 6) is -0.180. The van der Waals surface area contributed by atoms with Crippen LogP contribution in [0.4, 0.5) is 5.69 Å². The Labute approximate surface area is 131 Å². The van der Waals surface area contributed by atoms with Gasteiger partial charge in [0, 0.05) is 38.4 Å². The molecule has 22 heavy (non-hydrogen) atoms. The summed E-state index contributed by atoms with van der Waals surface area (Å²) in [5.41, 5.74) is 6.25. The van der Waals surface area contributed by atoms with E-state index < -0.39 is 6.04 Å². The van der Waals surface area contributed by atoms with Crippen LogP contribution >= 0.6 is 0 Å². The fourth-order valence-electron chi connectivity index (χ4n) is 2.78. The van der Waals surface area contributed by atoms with Gasteiger partial charge in [0.2, 0.25) is 5.91 Å². The largest absolute Gasteiger partial charge is 0.370 e. The van der Waals surface area contributed by atoms with E-state index in [1.165, 1.54) is 30.3 Å². The molecular formula is C16H26N4O2. The van der Waals surface area contributed by atoms with Gasteiger partial charge in [0.05, 0.1) is 5.69 Å². The Morgan fingerprint density at radius 1 is 1.27 bits per heavy atom. The molecule has 1 aromatic heterocycles. The molecule has 1 aromatic rings. The van der Waals surface area contributed by atoms with Crippen LogP contribution < -0.4 is 21.5 Å². The minimum absolute atomic E-state index is 0.158. The van der Waals surface area contributed by atoms with Crippen LogP contribution in [0.5, 0.6) is 0 Å². The summed E-state index contributed by atoms with van der Waals surface area (Å²) in [6.45, 7) is 4.56. The second-order valence-electron chi connectivity index (χ2n) is 5.79. The minimum atomic E-state index is -0.536. The number of rotatable bonds is 5. The molecular weight excluding hydrogens is 280 g/mol. The van der Waals surface area contributed by atoms with Crippen molar-refractivity contribution >= 4 is 11.6 Å². The molecule has 1 aliphatic heterocycles. The maximum Gasteiger partial charge on any atom is 0.251 e. The number of aromatic nitrogens is 1. The van der Waals surface area contributed by atoms with Gasteiger partial charge in [0.15, 0.2) is 0 Å². The normalized spacial score (nSPS) is 16.9. The SMILES string of the molecule is CC(C(=O)NCCN)n1cc(N2CCCCCC2)ccc1=O. The van der Waals surface area contributed by atoms with Gasteiger partial charge >= 0.3 is 0 Å². The number of anilines is 1. The van der Waals surface area contributed by atoms with Crippen LogP contribution in [-0.2, 0) is 4.79 Å². The lowest BCUT2D eigenvalue weighted by molar-refractivity contribution is -0.123. The van der Waals surface area contributed by atoms with E-state index in [-0.39, 0.29) is 11.5 Å². The molecule has 1 atom stereocenters. The molecule has 6 heteroatoms. The Hall–Kier alpha value is -1.82. The van der Waals surface area contributed by atoms with Crippen molar-refractivity contribution < 1.29 is 4.79 Å². The van der Waals surface area contributed by atoms with E-state index in [4.69, 9.17) is 5.73 Å². The van der Waals surface area contributed by atoms with Crippen molar-refractivity contribution in [2.45, 2.75) is 38.6 Å². The van der Waals surface area contributed by atoms with Crippen molar-refractivity contribution in [1.29, 1.82) is 0 Å². The molecule has 0 radical (unpaired) electrons. The zero-order valence-corrected chi connectivity index (χ0v) is 13.3. The molecule has 1 fully saturated rings. The second kappa shape index (κ2) is 7.98. The van der Waals surface area contributed by atoms with E-state index in [0.29, 0.717) is 13.1 Å². The lowest BCUT2D eigenvalue weighted by Crippen LogP contribution is -2.38. The van der Waals surface area contributed by atoms with Gasteiger partial charge in [-0.05, 0) is 25.8 Å². The average Bonchev–Trinajstić information content (AvgIpc) is 2.81. The number of nitrogens with zero attached hydrogens (tertiary/aromatic N) is 2. The highest BCUT2D eigenvalue weighted by Gasteiger charge is 2.17. The smallest absolute Gasteiger partial charge is 0.251 e. The molecule has 0 saturated carbocycles. The first-order valence-corrected chi connectivity index (χ1v) is 8.08. The van der Waals surface area contributed by atoms with Crippen molar-refractivity contribution in [2.24, 2.45) is 5.73 Å². The molecule has 1 aliphatic rings. The van der Waals surface area contributed by atoms with E-state index >= 15 is 0 Å². The van der Waals surface area contributed by atoms with Crippen molar-refractivity contribution in [3.63, 3.8) is 0 Å². The number of nitrogens with two attached hydrogens (primary N) is 1. The standard InChI is InChI=1S/C16H26N4O2/c1-13(16(22)18-9-8-17)20-12-14(6-7-15(20)21)19-10-4-2-3-5-11-19/h6-7,12-13H,2-5,8-11,17H2,1H3,(H,18,22). The maximum atomic E-state index is 12.1. The van der Waals surface area contributed by atoms with Crippen molar-refractivity contribution in [3.8, 4) is 0 Å². The van der Waals surface area contributed by atoms with Crippen LogP contribution in [0.25, 0.3) is 0 Å². The van der Waals surface area contributed by atoms with Crippen LogP contribution in [0.15, 0.2) is 23.1 Å². The predicted octanol–water partition coefficient (Wildman–Crippen LogP) is 0.865. The van der Waals surface area contributed by atoms with Crippen LogP contribution in [0.1, 0.15) is 38.6 Å². The van der Waals surface area contributed by atoms with Gasteiger partial charge in [-0.15, -0.1) is 0 Å². The fourth-order valence-corrected chi connectivity index (χ4v) is 2.78. The zero-order chi connectivity index (χ0) is 15.9. The first-order valence-electron chi connectivity index (χ1n) is 8.08. The number of hydrogen-bond acceptors (Lipinski definition) is 4. The molecule has 1 amide bonds. The Bertz CT molecular complexity index is 547. The number of nitrogens with one attached hydrogen (secondary N) is 1. The molecule has 1 saturated heterocycles. The number of amides is 1. The van der Waals surface area contributed by atoms with Gasteiger partial charge in [-0.2, -0.15) is 0 Å². The highest BCUT2D eigenvalue weighted by Crippen LogP contribution is 2.19. The molecule has 0 aromatic carbocycles. The molecule has 2 rings (SSSR count). The summed E-state index contributed by atoms with van der Waals surface area (Å²) >= 11 is 0. The van der Waals surface area contributed by atoms with Gasteiger partial charge in [0.25, 0.3) is 5.56 Å². The van der Waals surface area contributed by atoms with Crippen molar-refractivity contribution in [2.75, 3.05) is 31.1 Å². The van der Waals surface area contributed by atoms with E-state index in [9.17, 15) is 9.59 Å². The number of carbonyl (C=O) groups is 1. The molecule has 1 unspecified atom stereocenters. The van der Waals surface area contributed by atoms with Gasteiger partial charge in [-0.3, -0.25) is 9.59 Å². The summed E-state index contributed by atoms with van der Waals surface area (Å²) in [4.78, 5) is 26.4. The average molecular weight is 306 g/mol. The first kappa shape index (κ1) is 16.5. The van der Waals surface area contributed by atoms with Crippen LogP contribution in [0.3, 0.4) is 0 Å². The van der Waals surface area contributed by atoms with Gasteiger partial charge in [-0.1, -0.05) is 12.8 Å². The van der Waals surface area contributed by atoms with E-state index in [1.807, 2.05) is 6.07 Å². The molecule has 122 valence electrons. The van der Waals surface area contributed by atoms with E-state index in [2.05, 4.69) is 10.2 Å². The third-order valence-corrected chi connectivity index (χ3v) is 4.13. The number of hydrogen-bond donors (Lipinski definition) is 2. The lowest BCUT2D eigenvalue weighted by Gasteiger charge is -2.24. The third-order valence-electron chi connectivity index (χ3n) is 4.13. The number of pyridine rings is 1. The molecule has 0 bridgehead atoms. The van der Waals surface area contributed by atoms with Crippen molar-refractivity contribution in [3.05, 3.63) is 28.7 Å². The van der Waals surface area contributed by atoms with E-state index in [1.54, 1.807) is 19.2 Å². The summed E-state index contributed by atoms with van der Waals surface area (Å²) in [5, 5.41) is 2.73. The van der Waals surface area contributed by atoms with E-state index in [0.717, 1.165) is 18.8 Å². The highest BCUT2D eigenvalue weighted by atomic mass is 16.2. The Kier molecular flexibility index (Phi) is 6.00. The lowest BCUT2D eigenvalue weighted by atomic mass is 10.2. The molecule has 0 spiro atoms. The van der Waals surface area contributed by atoms with Crippen molar-refractivity contribution in [1.82, 2.24) is 9.88 Å². The second-order valence-corrected chi connectivity index (χ2v) is 5.79. The Morgan fingerprint density at radius 3 is 2.59 bits per heavy atom. The van der Waals surface area contributed by atoms with Crippen LogP contribution in [0, 0.1) is 0 Å². The summed E-state index contributed by atoms with van der Waals surface area (Å²) in [7, 11) is 0. The quantitative estimate of drug-likeness (QED) is 0.846. The molecule has 6 nitrogen and oxygen atoms in total. The fraction of sp³-hybridized carbons (Fsp3) is 0.625. The monoisotopic (exact) mass is 306 g/mol. The Balaban J connectivity index is 2.18. The first-order chi connectivity index (χ1) is 10.6. The van der Waals surface area contributed by atoms with Gasteiger partial charge in [-0.25, -0.2) is 0 Å². The third kappa shape index (κ3) is 4.10. The topological polar surface area (TPSA) is 80.4 Å². The summed E-state index contributed by atoms with van der Waals surface area (Å²) in [6, 6.07) is 2.87. The summed E-state index contributed by atoms with van der Waals surface area (Å²) in [6.07, 6.45) is 6.67. The van der Waals surface area contributed by atoms with Gasteiger partial charge in [0.1, 0.15) is 6.04 Å². The van der Waals surface area contributed by atoms with Crippen LogP contribution in [-0.4, -0.2) is 36.7 Å². The maximum absolute atomic E-state index is 12.1. The molecule has 0 aliphatic carbocycles. The van der Waals surface area contributed by atoms with Gasteiger partial charge < -0.3 is 20.5 Å². The summed E-state index contributed by atoms with van der Waals surface area (Å²) < 4.78 is 1.51. The molecule has 3 N–H and O–H groups in total. The predicted molar refractivity (Wildman–Crippen MR) is 88.2 cm³/mol. The van der Waals surface area contributed by atoms with Crippen LogP contribution in [0.2, 0.25) is 0 Å². The highest BCUT2D eigenvalue weighted by molar-refractivity contribution is 5.79. The zero-order valence-electron chi connectivity index (χ0n) is 13.3.